The quantitative estimate of drug-likeness (QED) is 0.332. The molecule has 0 aliphatic rings. The highest BCUT2D eigenvalue weighted by atomic mass is 32.1. The van der Waals surface area contributed by atoms with Gasteiger partial charge in [0.2, 0.25) is 0 Å². The van der Waals surface area contributed by atoms with Gasteiger partial charge in [-0.1, -0.05) is 26.2 Å². The number of hydrazone groups is 1. The van der Waals surface area contributed by atoms with E-state index < -0.39 is 0 Å². The maximum absolute atomic E-state index is 5.65. The lowest BCUT2D eigenvalue weighted by atomic mass is 10.2. The average molecular weight is 279 g/mol. The number of rotatable bonds is 8. The van der Waals surface area contributed by atoms with E-state index in [0.717, 1.165) is 24.3 Å². The lowest BCUT2D eigenvalue weighted by Crippen LogP contribution is -2.23. The monoisotopic (exact) mass is 279 g/mol. The number of thiocarbonyl (C=S) groups is 1. The number of ether oxygens (including phenoxy) is 1. The van der Waals surface area contributed by atoms with E-state index in [1.807, 2.05) is 24.3 Å². The average Bonchev–Trinajstić information content (AvgIpc) is 2.40. The molecule has 1 aromatic rings. The van der Waals surface area contributed by atoms with Crippen molar-refractivity contribution >= 4 is 23.5 Å². The second kappa shape index (κ2) is 9.33. The van der Waals surface area contributed by atoms with Crippen LogP contribution in [0.25, 0.3) is 0 Å². The largest absolute Gasteiger partial charge is 0.494 e. The molecule has 0 fully saturated rings. The molecule has 104 valence electrons. The first-order valence-electron chi connectivity index (χ1n) is 6.53. The van der Waals surface area contributed by atoms with E-state index in [4.69, 9.17) is 10.5 Å². The lowest BCUT2D eigenvalue weighted by molar-refractivity contribution is 0.305. The molecule has 0 atom stereocenters. The van der Waals surface area contributed by atoms with Crippen LogP contribution in [0, 0.1) is 0 Å². The van der Waals surface area contributed by atoms with Crippen LogP contribution in [0.15, 0.2) is 29.4 Å². The Labute approximate surface area is 120 Å². The summed E-state index contributed by atoms with van der Waals surface area (Å²) in [7, 11) is 0. The van der Waals surface area contributed by atoms with E-state index in [9.17, 15) is 0 Å². The van der Waals surface area contributed by atoms with Gasteiger partial charge in [-0.05, 0) is 48.5 Å². The van der Waals surface area contributed by atoms with Gasteiger partial charge in [0.25, 0.3) is 0 Å². The van der Waals surface area contributed by atoms with Crippen LogP contribution in [0.4, 0.5) is 0 Å². The lowest BCUT2D eigenvalue weighted by Gasteiger charge is -2.05. The van der Waals surface area contributed by atoms with Crippen molar-refractivity contribution in [1.29, 1.82) is 0 Å². The molecule has 1 aromatic carbocycles. The zero-order valence-corrected chi connectivity index (χ0v) is 12.1. The summed E-state index contributed by atoms with van der Waals surface area (Å²) >= 11 is 4.64. The van der Waals surface area contributed by atoms with Crippen molar-refractivity contribution in [3.63, 3.8) is 0 Å². The molecular weight excluding hydrogens is 258 g/mol. The fraction of sp³-hybridized carbons (Fsp3) is 0.429. The van der Waals surface area contributed by atoms with E-state index >= 15 is 0 Å². The first kappa shape index (κ1) is 15.4. The summed E-state index contributed by atoms with van der Waals surface area (Å²) in [5.74, 6) is 0.885. The molecular formula is C14H21N3OS. The third-order valence-electron chi connectivity index (χ3n) is 2.54. The topological polar surface area (TPSA) is 59.6 Å². The Morgan fingerprint density at radius 2 is 2.05 bits per heavy atom. The molecule has 0 aliphatic heterocycles. The Hall–Kier alpha value is -1.62. The van der Waals surface area contributed by atoms with Gasteiger partial charge in [0.05, 0.1) is 12.8 Å². The third-order valence-corrected chi connectivity index (χ3v) is 2.63. The van der Waals surface area contributed by atoms with Gasteiger partial charge in [-0.15, -0.1) is 0 Å². The SMILES string of the molecule is CCCCCCOc1ccc(/C=N\NC(N)=S)cc1. The van der Waals surface area contributed by atoms with Gasteiger partial charge in [-0.3, -0.25) is 5.43 Å². The number of nitrogens with zero attached hydrogens (tertiary/aromatic N) is 1. The molecule has 19 heavy (non-hydrogen) atoms. The molecule has 3 N–H and O–H groups in total. The number of nitrogens with two attached hydrogens (primary N) is 1. The van der Waals surface area contributed by atoms with Gasteiger partial charge in [0, 0.05) is 0 Å². The molecule has 0 radical (unpaired) electrons. The molecule has 0 saturated heterocycles. The fourth-order valence-corrected chi connectivity index (χ4v) is 1.59. The summed E-state index contributed by atoms with van der Waals surface area (Å²) in [5, 5.41) is 4.04. The van der Waals surface area contributed by atoms with Gasteiger partial charge in [-0.2, -0.15) is 5.10 Å². The molecule has 0 saturated carbocycles. The Kier molecular flexibility index (Phi) is 7.58. The van der Waals surface area contributed by atoms with E-state index in [0.29, 0.717) is 0 Å². The van der Waals surface area contributed by atoms with Crippen molar-refractivity contribution in [2.24, 2.45) is 10.8 Å². The molecule has 1 rings (SSSR count). The van der Waals surface area contributed by atoms with Crippen molar-refractivity contribution in [3.8, 4) is 5.75 Å². The van der Waals surface area contributed by atoms with Crippen molar-refractivity contribution in [2.45, 2.75) is 32.6 Å². The summed E-state index contributed by atoms with van der Waals surface area (Å²) in [5.41, 5.74) is 8.73. The summed E-state index contributed by atoms with van der Waals surface area (Å²) in [6, 6.07) is 7.74. The highest BCUT2D eigenvalue weighted by molar-refractivity contribution is 7.80. The third kappa shape index (κ3) is 7.41. The molecule has 0 heterocycles. The number of nitrogens with one attached hydrogen (secondary N) is 1. The van der Waals surface area contributed by atoms with Gasteiger partial charge in [0.1, 0.15) is 5.75 Å². The van der Waals surface area contributed by atoms with Crippen LogP contribution in [0.5, 0.6) is 5.75 Å². The summed E-state index contributed by atoms with van der Waals surface area (Å²) in [6.45, 7) is 2.98. The van der Waals surface area contributed by atoms with Crippen LogP contribution < -0.4 is 15.9 Å². The van der Waals surface area contributed by atoms with Crippen LogP contribution in [-0.2, 0) is 0 Å². The number of hydrogen-bond donors (Lipinski definition) is 2. The Morgan fingerprint density at radius 1 is 1.32 bits per heavy atom. The molecule has 0 unspecified atom stereocenters. The molecule has 0 aromatic heterocycles. The van der Waals surface area contributed by atoms with Gasteiger partial charge < -0.3 is 10.5 Å². The van der Waals surface area contributed by atoms with E-state index in [1.165, 1.54) is 19.3 Å². The van der Waals surface area contributed by atoms with Crippen molar-refractivity contribution in [3.05, 3.63) is 29.8 Å². The normalized spacial score (nSPS) is 10.6. The van der Waals surface area contributed by atoms with Gasteiger partial charge >= 0.3 is 0 Å². The highest BCUT2D eigenvalue weighted by Gasteiger charge is 1.94. The maximum atomic E-state index is 5.65. The Morgan fingerprint density at radius 3 is 2.68 bits per heavy atom. The summed E-state index contributed by atoms with van der Waals surface area (Å²) in [4.78, 5) is 0. The van der Waals surface area contributed by atoms with Crippen LogP contribution in [0.3, 0.4) is 0 Å². The Bertz CT molecular complexity index is 404. The van der Waals surface area contributed by atoms with E-state index in [1.54, 1.807) is 6.21 Å². The highest BCUT2D eigenvalue weighted by Crippen LogP contribution is 2.12. The molecule has 0 spiro atoms. The molecule has 4 nitrogen and oxygen atoms in total. The first-order chi connectivity index (χ1) is 9.22. The van der Waals surface area contributed by atoms with Crippen LogP contribution >= 0.6 is 12.2 Å². The molecule has 0 bridgehead atoms. The standard InChI is InChI=1S/C14H21N3OS/c1-2-3-4-5-10-18-13-8-6-12(7-9-13)11-16-17-14(15)19/h6-9,11H,2-5,10H2,1H3,(H3,15,17,19)/b16-11-. The van der Waals surface area contributed by atoms with E-state index in [2.05, 4.69) is 29.7 Å². The first-order valence-corrected chi connectivity index (χ1v) is 6.94. The maximum Gasteiger partial charge on any atom is 0.184 e. The predicted octanol–water partition coefficient (Wildman–Crippen LogP) is 2.81. The smallest absolute Gasteiger partial charge is 0.184 e. The second-order valence-electron chi connectivity index (χ2n) is 4.21. The number of benzene rings is 1. The minimum absolute atomic E-state index is 0.156. The zero-order valence-electron chi connectivity index (χ0n) is 11.3. The minimum Gasteiger partial charge on any atom is -0.494 e. The zero-order chi connectivity index (χ0) is 13.9. The Balaban J connectivity index is 2.31. The van der Waals surface area contributed by atoms with Crippen LogP contribution in [0.1, 0.15) is 38.2 Å². The van der Waals surface area contributed by atoms with Gasteiger partial charge in [0.15, 0.2) is 5.11 Å². The summed E-state index contributed by atoms with van der Waals surface area (Å²) in [6.07, 6.45) is 6.51. The number of hydrogen-bond acceptors (Lipinski definition) is 3. The molecule has 0 aliphatic carbocycles. The van der Waals surface area contributed by atoms with Crippen LogP contribution in [0.2, 0.25) is 0 Å². The molecule has 0 amide bonds. The number of unbranched alkanes of at least 4 members (excludes halogenated alkanes) is 3. The fourth-order valence-electron chi connectivity index (χ4n) is 1.54. The van der Waals surface area contributed by atoms with Crippen molar-refractivity contribution in [2.75, 3.05) is 6.61 Å². The van der Waals surface area contributed by atoms with Gasteiger partial charge in [-0.25, -0.2) is 0 Å². The second-order valence-corrected chi connectivity index (χ2v) is 4.65. The van der Waals surface area contributed by atoms with E-state index in [-0.39, 0.29) is 5.11 Å². The van der Waals surface area contributed by atoms with Crippen molar-refractivity contribution < 1.29 is 4.74 Å². The molecule has 5 heteroatoms. The predicted molar refractivity (Wildman–Crippen MR) is 83.6 cm³/mol. The van der Waals surface area contributed by atoms with Crippen molar-refractivity contribution in [1.82, 2.24) is 5.43 Å². The minimum atomic E-state index is 0.156. The summed E-state index contributed by atoms with van der Waals surface area (Å²) < 4.78 is 5.65. The van der Waals surface area contributed by atoms with Crippen LogP contribution in [-0.4, -0.2) is 17.9 Å².